The molecule has 1 aliphatic carbocycles. The Morgan fingerprint density at radius 1 is 1.12 bits per heavy atom. The maximum absolute atomic E-state index is 12.2. The van der Waals surface area contributed by atoms with Crippen LogP contribution in [0.15, 0.2) is 42.5 Å². The van der Waals surface area contributed by atoms with Gasteiger partial charge in [-0.1, -0.05) is 42.5 Å². The van der Waals surface area contributed by atoms with E-state index in [0.29, 0.717) is 6.54 Å². The maximum Gasteiger partial charge on any atom is 0.223 e. The van der Waals surface area contributed by atoms with Crippen molar-refractivity contribution in [2.75, 3.05) is 18.8 Å². The molecule has 1 saturated carbocycles. The summed E-state index contributed by atoms with van der Waals surface area (Å²) < 4.78 is 25.1. The number of carbonyl (C=O) groups is 1. The average Bonchev–Trinajstić information content (AvgIpc) is 3.39. The van der Waals surface area contributed by atoms with E-state index in [2.05, 4.69) is 34.3 Å². The van der Waals surface area contributed by atoms with Crippen LogP contribution in [0.4, 0.5) is 0 Å². The van der Waals surface area contributed by atoms with Gasteiger partial charge in [0, 0.05) is 19.0 Å². The summed E-state index contributed by atoms with van der Waals surface area (Å²) in [7, 11) is -3.20. The summed E-state index contributed by atoms with van der Waals surface area (Å²) in [6.45, 7) is 2.13. The molecule has 0 spiro atoms. The Bertz CT molecular complexity index is 843. The predicted octanol–water partition coefficient (Wildman–Crippen LogP) is 2.00. The molecule has 6 heteroatoms. The first-order valence-corrected chi connectivity index (χ1v) is 9.90. The number of benzene rings is 2. The fraction of sp³-hybridized carbons (Fsp3) is 0.389. The van der Waals surface area contributed by atoms with E-state index in [-0.39, 0.29) is 30.0 Å². The highest BCUT2D eigenvalue weighted by Crippen LogP contribution is 2.49. The van der Waals surface area contributed by atoms with Crippen LogP contribution in [0.25, 0.3) is 10.8 Å². The number of hydrogen-bond acceptors (Lipinski definition) is 3. The number of carbonyl (C=O) groups excluding carboxylic acids is 1. The summed E-state index contributed by atoms with van der Waals surface area (Å²) in [6.07, 6.45) is 0.848. The van der Waals surface area contributed by atoms with Gasteiger partial charge in [0.05, 0.1) is 5.75 Å². The van der Waals surface area contributed by atoms with E-state index >= 15 is 0 Å². The van der Waals surface area contributed by atoms with E-state index in [0.717, 1.165) is 6.42 Å². The maximum atomic E-state index is 12.2. The van der Waals surface area contributed by atoms with Crippen molar-refractivity contribution in [2.24, 2.45) is 5.92 Å². The molecule has 0 bridgehead atoms. The quantitative estimate of drug-likeness (QED) is 0.753. The average molecular weight is 346 g/mol. The Morgan fingerprint density at radius 3 is 2.67 bits per heavy atom. The molecule has 0 saturated heterocycles. The molecule has 1 fully saturated rings. The van der Waals surface area contributed by atoms with Gasteiger partial charge in [0.2, 0.25) is 15.9 Å². The Morgan fingerprint density at radius 2 is 1.88 bits per heavy atom. The topological polar surface area (TPSA) is 75.3 Å². The Labute approximate surface area is 142 Å². The lowest BCUT2D eigenvalue weighted by molar-refractivity contribution is -0.122. The highest BCUT2D eigenvalue weighted by Gasteiger charge is 2.44. The van der Waals surface area contributed by atoms with Crippen LogP contribution >= 0.6 is 0 Å². The third-order valence-corrected chi connectivity index (χ3v) is 5.88. The predicted molar refractivity (Wildman–Crippen MR) is 95.3 cm³/mol. The van der Waals surface area contributed by atoms with Gasteiger partial charge in [-0.25, -0.2) is 13.1 Å². The molecule has 5 nitrogen and oxygen atoms in total. The first kappa shape index (κ1) is 16.9. The lowest BCUT2D eigenvalue weighted by Gasteiger charge is -2.08. The molecular weight excluding hydrogens is 324 g/mol. The van der Waals surface area contributed by atoms with E-state index in [1.54, 1.807) is 6.92 Å². The minimum Gasteiger partial charge on any atom is -0.355 e. The van der Waals surface area contributed by atoms with E-state index < -0.39 is 10.0 Å². The van der Waals surface area contributed by atoms with Crippen molar-refractivity contribution in [2.45, 2.75) is 19.3 Å². The fourth-order valence-corrected chi connectivity index (χ4v) is 3.64. The molecule has 2 aromatic carbocycles. The van der Waals surface area contributed by atoms with Gasteiger partial charge in [-0.3, -0.25) is 4.79 Å². The number of fused-ring (bicyclic) bond motifs is 1. The van der Waals surface area contributed by atoms with E-state index in [9.17, 15) is 13.2 Å². The first-order chi connectivity index (χ1) is 11.5. The van der Waals surface area contributed by atoms with Crippen molar-refractivity contribution in [1.82, 2.24) is 10.0 Å². The molecule has 2 atom stereocenters. The summed E-state index contributed by atoms with van der Waals surface area (Å²) in [5.41, 5.74) is 1.22. The zero-order chi connectivity index (χ0) is 17.2. The van der Waals surface area contributed by atoms with Gasteiger partial charge in [0.1, 0.15) is 0 Å². The second kappa shape index (κ2) is 6.91. The Hall–Kier alpha value is -1.92. The van der Waals surface area contributed by atoms with Crippen LogP contribution in [0.3, 0.4) is 0 Å². The van der Waals surface area contributed by atoms with Gasteiger partial charge in [0.25, 0.3) is 0 Å². The summed E-state index contributed by atoms with van der Waals surface area (Å²) >= 11 is 0. The SMILES string of the molecule is CCS(=O)(=O)NCCNC(=O)[C@H]1C[C@@H]1c1cccc2ccccc12. The second-order valence-corrected chi connectivity index (χ2v) is 8.20. The zero-order valence-electron chi connectivity index (χ0n) is 13.7. The highest BCUT2D eigenvalue weighted by atomic mass is 32.2. The normalized spacial score (nSPS) is 20.0. The van der Waals surface area contributed by atoms with Crippen molar-refractivity contribution in [1.29, 1.82) is 0 Å². The molecule has 2 N–H and O–H groups in total. The van der Waals surface area contributed by atoms with Crippen LogP contribution in [0, 0.1) is 5.92 Å². The third kappa shape index (κ3) is 3.76. The minimum absolute atomic E-state index is 0.00336. The lowest BCUT2D eigenvalue weighted by atomic mass is 10.00. The van der Waals surface area contributed by atoms with Gasteiger partial charge in [0.15, 0.2) is 0 Å². The van der Waals surface area contributed by atoms with Crippen molar-refractivity contribution >= 4 is 26.7 Å². The van der Waals surface area contributed by atoms with Crippen LogP contribution in [0.5, 0.6) is 0 Å². The summed E-state index contributed by atoms with van der Waals surface area (Å²) in [5, 5.41) is 5.22. The number of sulfonamides is 1. The number of amides is 1. The van der Waals surface area contributed by atoms with Crippen molar-refractivity contribution in [3.05, 3.63) is 48.0 Å². The van der Waals surface area contributed by atoms with E-state index in [4.69, 9.17) is 0 Å². The molecule has 24 heavy (non-hydrogen) atoms. The van der Waals surface area contributed by atoms with Crippen LogP contribution in [0.2, 0.25) is 0 Å². The molecule has 0 aromatic heterocycles. The van der Waals surface area contributed by atoms with Crippen molar-refractivity contribution < 1.29 is 13.2 Å². The largest absolute Gasteiger partial charge is 0.355 e. The smallest absolute Gasteiger partial charge is 0.223 e. The number of hydrogen-bond donors (Lipinski definition) is 2. The summed E-state index contributed by atoms with van der Waals surface area (Å²) in [6, 6.07) is 14.4. The van der Waals surface area contributed by atoms with Crippen LogP contribution in [-0.2, 0) is 14.8 Å². The fourth-order valence-electron chi connectivity index (χ4n) is 3.03. The van der Waals surface area contributed by atoms with Gasteiger partial charge in [-0.05, 0) is 35.6 Å². The second-order valence-electron chi connectivity index (χ2n) is 6.11. The molecule has 128 valence electrons. The van der Waals surface area contributed by atoms with Gasteiger partial charge in [-0.2, -0.15) is 0 Å². The lowest BCUT2D eigenvalue weighted by Crippen LogP contribution is -2.36. The van der Waals surface area contributed by atoms with Crippen molar-refractivity contribution in [3.63, 3.8) is 0 Å². The van der Waals surface area contributed by atoms with Crippen molar-refractivity contribution in [3.8, 4) is 0 Å². The Balaban J connectivity index is 1.56. The summed E-state index contributed by atoms with van der Waals surface area (Å²) in [5.74, 6) is 0.290. The van der Waals surface area contributed by atoms with Crippen LogP contribution in [0.1, 0.15) is 24.8 Å². The number of nitrogens with one attached hydrogen (secondary N) is 2. The monoisotopic (exact) mass is 346 g/mol. The number of rotatable bonds is 7. The molecular formula is C18H22N2O3S. The molecule has 0 aliphatic heterocycles. The molecule has 0 heterocycles. The molecule has 0 radical (unpaired) electrons. The van der Waals surface area contributed by atoms with Crippen LogP contribution in [-0.4, -0.2) is 33.2 Å². The van der Waals surface area contributed by atoms with Gasteiger partial charge < -0.3 is 5.32 Å². The molecule has 0 unspecified atom stereocenters. The molecule has 3 rings (SSSR count). The zero-order valence-corrected chi connectivity index (χ0v) is 14.5. The minimum atomic E-state index is -3.20. The molecule has 2 aromatic rings. The molecule has 1 amide bonds. The van der Waals surface area contributed by atoms with E-state index in [1.165, 1.54) is 16.3 Å². The Kier molecular flexibility index (Phi) is 4.87. The standard InChI is InChI=1S/C18H22N2O3S/c1-2-24(22,23)20-11-10-19-18(21)17-12-16(17)15-9-5-7-13-6-3-4-8-14(13)15/h3-9,16-17,20H,2,10-12H2,1H3,(H,19,21)/t16-,17+/m1/s1. The third-order valence-electron chi connectivity index (χ3n) is 4.48. The van der Waals surface area contributed by atoms with Gasteiger partial charge >= 0.3 is 0 Å². The van der Waals surface area contributed by atoms with Crippen LogP contribution < -0.4 is 10.0 Å². The summed E-state index contributed by atoms with van der Waals surface area (Å²) in [4.78, 5) is 12.2. The van der Waals surface area contributed by atoms with Gasteiger partial charge in [-0.15, -0.1) is 0 Å². The molecule has 1 aliphatic rings. The first-order valence-electron chi connectivity index (χ1n) is 8.24. The van der Waals surface area contributed by atoms with E-state index in [1.807, 2.05) is 18.2 Å². The highest BCUT2D eigenvalue weighted by molar-refractivity contribution is 7.89.